The number of rotatable bonds is 2. The molecule has 28 heavy (non-hydrogen) atoms. The van der Waals surface area contributed by atoms with Crippen LogP contribution in [0, 0.1) is 0 Å². The number of hydrogen-bond acceptors (Lipinski definition) is 0. The molecule has 0 amide bonds. The Balaban J connectivity index is 1.64. The SMILES string of the molecule is CC1=Cc2ccccc2C1c1ccc2c(c1-c1ccccc1)C1=C(C2)[Si]1(C)C. The summed E-state index contributed by atoms with van der Waals surface area (Å²) in [5.41, 5.74) is 11.8. The Hall–Kier alpha value is -2.64. The van der Waals surface area contributed by atoms with Crippen molar-refractivity contribution in [3.05, 3.63) is 105 Å². The molecule has 3 aromatic carbocycles. The maximum absolute atomic E-state index is 2.53. The highest BCUT2D eigenvalue weighted by atomic mass is 28.3. The average molecular weight is 377 g/mol. The van der Waals surface area contributed by atoms with Crippen LogP contribution < -0.4 is 0 Å². The lowest BCUT2D eigenvalue weighted by Gasteiger charge is -2.25. The van der Waals surface area contributed by atoms with Crippen molar-refractivity contribution < 1.29 is 0 Å². The van der Waals surface area contributed by atoms with Crippen LogP contribution in [0.1, 0.15) is 40.7 Å². The van der Waals surface area contributed by atoms with Crippen molar-refractivity contribution in [2.75, 3.05) is 0 Å². The predicted molar refractivity (Wildman–Crippen MR) is 122 cm³/mol. The summed E-state index contributed by atoms with van der Waals surface area (Å²) in [7, 11) is -1.26. The number of allylic oxidation sites excluding steroid dienone is 2. The molecule has 0 spiro atoms. The molecule has 6 rings (SSSR count). The Kier molecular flexibility index (Phi) is 3.18. The fraction of sp³-hybridized carbons (Fsp3) is 0.185. The van der Waals surface area contributed by atoms with Gasteiger partial charge in [0.25, 0.3) is 0 Å². The first-order valence-corrected chi connectivity index (χ1v) is 13.3. The maximum atomic E-state index is 2.53. The standard InChI is InChI=1S/C27H24Si/c1-17-15-19-11-7-8-12-21(19)24(17)22-14-13-20-16-23-27(28(23,2)3)26(20)25(22)18-9-5-4-6-10-18/h4-15,24H,16H2,1-3H3. The van der Waals surface area contributed by atoms with Gasteiger partial charge in [-0.1, -0.05) is 102 Å². The molecule has 1 atom stereocenters. The third kappa shape index (κ3) is 2.06. The predicted octanol–water partition coefficient (Wildman–Crippen LogP) is 7.01. The van der Waals surface area contributed by atoms with E-state index in [1.54, 1.807) is 21.5 Å². The summed E-state index contributed by atoms with van der Waals surface area (Å²) in [5, 5.41) is 3.53. The molecule has 1 heteroatoms. The normalized spacial score (nSPS) is 20.5. The van der Waals surface area contributed by atoms with E-state index in [1.807, 2.05) is 0 Å². The summed E-state index contributed by atoms with van der Waals surface area (Å²) in [6, 6.07) is 24.8. The second-order valence-corrected chi connectivity index (χ2v) is 13.4. The molecular formula is C27H24Si. The second-order valence-electron chi connectivity index (χ2n) is 9.04. The molecule has 0 bridgehead atoms. The summed E-state index contributed by atoms with van der Waals surface area (Å²) < 4.78 is 0. The summed E-state index contributed by atoms with van der Waals surface area (Å²) >= 11 is 0. The fourth-order valence-corrected chi connectivity index (χ4v) is 9.25. The molecular weight excluding hydrogens is 352 g/mol. The highest BCUT2D eigenvalue weighted by Crippen LogP contribution is 2.59. The molecule has 0 saturated carbocycles. The van der Waals surface area contributed by atoms with Crippen LogP contribution in [0.25, 0.3) is 22.4 Å². The highest BCUT2D eigenvalue weighted by molar-refractivity contribution is 7.13. The van der Waals surface area contributed by atoms with Crippen molar-refractivity contribution in [3.63, 3.8) is 0 Å². The number of benzene rings is 3. The van der Waals surface area contributed by atoms with Crippen LogP contribution in [0.2, 0.25) is 13.1 Å². The minimum atomic E-state index is -1.26. The van der Waals surface area contributed by atoms with Crippen molar-refractivity contribution >= 4 is 19.3 Å². The van der Waals surface area contributed by atoms with E-state index in [0.717, 1.165) is 0 Å². The van der Waals surface area contributed by atoms with Gasteiger partial charge in [0.05, 0.1) is 0 Å². The molecule has 0 nitrogen and oxygen atoms in total. The quantitative estimate of drug-likeness (QED) is 0.422. The zero-order valence-corrected chi connectivity index (χ0v) is 17.7. The minimum absolute atomic E-state index is 0.366. The van der Waals surface area contributed by atoms with Crippen LogP contribution in [-0.4, -0.2) is 8.07 Å². The molecule has 3 aromatic rings. The van der Waals surface area contributed by atoms with Gasteiger partial charge in [0.1, 0.15) is 8.07 Å². The van der Waals surface area contributed by atoms with E-state index < -0.39 is 8.07 Å². The molecule has 1 heterocycles. The van der Waals surface area contributed by atoms with Gasteiger partial charge >= 0.3 is 0 Å². The zero-order valence-electron chi connectivity index (χ0n) is 16.7. The molecule has 0 saturated heterocycles. The van der Waals surface area contributed by atoms with Gasteiger partial charge in [-0.3, -0.25) is 0 Å². The molecule has 1 unspecified atom stereocenters. The number of hydrogen-bond donors (Lipinski definition) is 0. The monoisotopic (exact) mass is 376 g/mol. The van der Waals surface area contributed by atoms with Crippen LogP contribution in [-0.2, 0) is 6.42 Å². The van der Waals surface area contributed by atoms with Crippen molar-refractivity contribution in [3.8, 4) is 11.1 Å². The Morgan fingerprint density at radius 3 is 2.36 bits per heavy atom. The van der Waals surface area contributed by atoms with Crippen molar-refractivity contribution in [1.82, 2.24) is 0 Å². The smallest absolute Gasteiger partial charge is 0.0714 e. The Morgan fingerprint density at radius 1 is 0.786 bits per heavy atom. The van der Waals surface area contributed by atoms with Crippen molar-refractivity contribution in [2.24, 2.45) is 0 Å². The molecule has 136 valence electrons. The second kappa shape index (κ2) is 5.45. The van der Waals surface area contributed by atoms with Gasteiger partial charge in [0, 0.05) is 5.92 Å². The van der Waals surface area contributed by atoms with E-state index in [1.165, 1.54) is 39.8 Å². The van der Waals surface area contributed by atoms with Gasteiger partial charge in [-0.25, -0.2) is 0 Å². The molecule has 2 aliphatic carbocycles. The summed E-state index contributed by atoms with van der Waals surface area (Å²) in [5.74, 6) is 0.366. The van der Waals surface area contributed by atoms with Crippen LogP contribution in [0.4, 0.5) is 0 Å². The first kappa shape index (κ1) is 16.3. The lowest BCUT2D eigenvalue weighted by atomic mass is 9.81. The van der Waals surface area contributed by atoms with Crippen LogP contribution in [0.5, 0.6) is 0 Å². The molecule has 1 aliphatic heterocycles. The van der Waals surface area contributed by atoms with Gasteiger partial charge < -0.3 is 0 Å². The highest BCUT2D eigenvalue weighted by Gasteiger charge is 2.52. The summed E-state index contributed by atoms with van der Waals surface area (Å²) in [6.07, 6.45) is 3.57. The first-order valence-electron chi connectivity index (χ1n) is 10.3. The van der Waals surface area contributed by atoms with Crippen molar-refractivity contribution in [1.29, 1.82) is 0 Å². The van der Waals surface area contributed by atoms with Gasteiger partial charge in [-0.15, -0.1) is 0 Å². The van der Waals surface area contributed by atoms with E-state index in [2.05, 4.69) is 92.8 Å². The van der Waals surface area contributed by atoms with E-state index in [-0.39, 0.29) is 0 Å². The molecule has 3 aliphatic rings. The lowest BCUT2D eigenvalue weighted by molar-refractivity contribution is 0.976. The summed E-state index contributed by atoms with van der Waals surface area (Å²) in [6.45, 7) is 7.35. The number of fused-ring (bicyclic) bond motifs is 3. The molecule has 0 aromatic heterocycles. The minimum Gasteiger partial charge on any atom is -0.0714 e. The van der Waals surface area contributed by atoms with Crippen LogP contribution >= 0.6 is 0 Å². The molecule has 0 fully saturated rings. The fourth-order valence-electron chi connectivity index (χ4n) is 5.65. The van der Waals surface area contributed by atoms with E-state index in [0.29, 0.717) is 5.92 Å². The topological polar surface area (TPSA) is 0 Å². The lowest BCUT2D eigenvalue weighted by Crippen LogP contribution is -2.16. The van der Waals surface area contributed by atoms with Gasteiger partial charge in [0.2, 0.25) is 0 Å². The Bertz CT molecular complexity index is 1210. The Morgan fingerprint density at radius 2 is 1.54 bits per heavy atom. The summed E-state index contributed by atoms with van der Waals surface area (Å²) in [4.78, 5) is 0. The van der Waals surface area contributed by atoms with Crippen LogP contribution in [0.15, 0.2) is 77.5 Å². The Labute approximate surface area is 168 Å². The maximum Gasteiger partial charge on any atom is 0.108 e. The third-order valence-corrected chi connectivity index (χ3v) is 10.6. The van der Waals surface area contributed by atoms with Gasteiger partial charge in [-0.2, -0.15) is 0 Å². The largest absolute Gasteiger partial charge is 0.108 e. The van der Waals surface area contributed by atoms with Gasteiger partial charge in [-0.05, 0) is 52.3 Å². The zero-order chi connectivity index (χ0) is 19.0. The average Bonchev–Trinajstić information content (AvgIpc) is 3.03. The molecule has 0 radical (unpaired) electrons. The van der Waals surface area contributed by atoms with E-state index in [4.69, 9.17) is 0 Å². The van der Waals surface area contributed by atoms with E-state index in [9.17, 15) is 0 Å². The first-order chi connectivity index (χ1) is 13.6. The van der Waals surface area contributed by atoms with E-state index >= 15 is 0 Å². The third-order valence-electron chi connectivity index (χ3n) is 7.08. The molecule has 0 N–H and O–H groups in total. The van der Waals surface area contributed by atoms with Crippen molar-refractivity contribution in [2.45, 2.75) is 32.4 Å². The van der Waals surface area contributed by atoms with Gasteiger partial charge in [0.15, 0.2) is 0 Å². The van der Waals surface area contributed by atoms with Crippen LogP contribution in [0.3, 0.4) is 0 Å².